The van der Waals surface area contributed by atoms with Gasteiger partial charge in [0, 0.05) is 23.8 Å². The number of benzene rings is 2. The molecule has 0 fully saturated rings. The maximum atomic E-state index is 12.8. The van der Waals surface area contributed by atoms with Crippen molar-refractivity contribution in [3.05, 3.63) is 103 Å². The van der Waals surface area contributed by atoms with Crippen LogP contribution < -0.4 is 14.8 Å². The van der Waals surface area contributed by atoms with Crippen LogP contribution in [-0.4, -0.2) is 26.6 Å². The van der Waals surface area contributed by atoms with E-state index >= 15 is 0 Å². The fourth-order valence-electron chi connectivity index (χ4n) is 3.29. The van der Waals surface area contributed by atoms with E-state index in [-0.39, 0.29) is 11.2 Å². The van der Waals surface area contributed by atoms with Crippen LogP contribution in [0.4, 0.5) is 5.69 Å². The number of fused-ring (bicyclic) bond motifs is 1. The molecule has 0 radical (unpaired) electrons. The molecule has 0 atom stereocenters. The number of nitro benzene ring substituents is 1. The number of methoxy groups -OCH3 is 1. The van der Waals surface area contributed by atoms with Crippen molar-refractivity contribution in [2.24, 2.45) is 0 Å². The van der Waals surface area contributed by atoms with Gasteiger partial charge in [-0.3, -0.25) is 14.9 Å². The Labute approximate surface area is 196 Å². The molecule has 0 spiro atoms. The molecule has 10 heteroatoms. The minimum Gasteiger partial charge on any atom is -0.497 e. The van der Waals surface area contributed by atoms with Gasteiger partial charge in [-0.05, 0) is 35.9 Å². The van der Waals surface area contributed by atoms with Gasteiger partial charge >= 0.3 is 0 Å². The molecule has 0 aliphatic carbocycles. The van der Waals surface area contributed by atoms with Crippen molar-refractivity contribution in [3.63, 3.8) is 0 Å². The lowest BCUT2D eigenvalue weighted by Gasteiger charge is -1.98. The van der Waals surface area contributed by atoms with Gasteiger partial charge in [0.1, 0.15) is 21.8 Å². The summed E-state index contributed by atoms with van der Waals surface area (Å²) in [6.45, 7) is 0. The zero-order valence-corrected chi connectivity index (χ0v) is 18.6. The van der Waals surface area contributed by atoms with Crippen LogP contribution in [0.5, 0.6) is 5.75 Å². The Hall–Kier alpha value is -4.57. The monoisotopic (exact) mass is 472 g/mol. The second-order valence-electron chi connectivity index (χ2n) is 7.20. The fraction of sp³-hybridized carbons (Fsp3) is 0.0417. The topological polar surface area (TPSA) is 113 Å². The zero-order valence-electron chi connectivity index (χ0n) is 17.7. The van der Waals surface area contributed by atoms with E-state index in [0.717, 1.165) is 11.3 Å². The summed E-state index contributed by atoms with van der Waals surface area (Å²) in [5, 5.41) is 15.3. The van der Waals surface area contributed by atoms with Crippen molar-refractivity contribution in [2.75, 3.05) is 7.11 Å². The summed E-state index contributed by atoms with van der Waals surface area (Å²) in [6, 6.07) is 17.1. The Balaban J connectivity index is 1.40. The Morgan fingerprint density at radius 1 is 1.12 bits per heavy atom. The molecule has 0 saturated carbocycles. The Morgan fingerprint density at radius 3 is 2.68 bits per heavy atom. The second kappa shape index (κ2) is 8.75. The highest BCUT2D eigenvalue weighted by Crippen LogP contribution is 2.26. The Kier molecular flexibility index (Phi) is 5.48. The maximum absolute atomic E-state index is 12.8. The number of furan rings is 1. The number of hydrogen-bond acceptors (Lipinski definition) is 8. The molecule has 0 N–H and O–H groups in total. The van der Waals surface area contributed by atoms with Gasteiger partial charge in [-0.1, -0.05) is 41.7 Å². The first-order chi connectivity index (χ1) is 16.5. The van der Waals surface area contributed by atoms with E-state index in [2.05, 4.69) is 10.1 Å². The van der Waals surface area contributed by atoms with Gasteiger partial charge in [0.25, 0.3) is 11.2 Å². The van der Waals surface area contributed by atoms with Gasteiger partial charge in [0.2, 0.25) is 4.96 Å². The van der Waals surface area contributed by atoms with Crippen molar-refractivity contribution < 1.29 is 14.1 Å². The summed E-state index contributed by atoms with van der Waals surface area (Å²) in [5.41, 5.74) is 1.20. The van der Waals surface area contributed by atoms with Crippen molar-refractivity contribution in [2.45, 2.75) is 0 Å². The summed E-state index contributed by atoms with van der Waals surface area (Å²) < 4.78 is 12.6. The number of nitrogens with zero attached hydrogens (tertiary/aromatic N) is 4. The number of aromatic nitrogens is 3. The molecule has 5 rings (SSSR count). The lowest BCUT2D eigenvalue weighted by molar-refractivity contribution is -0.384. The smallest absolute Gasteiger partial charge is 0.291 e. The SMILES string of the molecule is COc1ccc(C=Cc2nc3sc(=Cc4ccc(-c5cccc([N+](=O)[O-])c5)o4)c(=O)n3n2)cc1. The van der Waals surface area contributed by atoms with E-state index in [0.29, 0.717) is 32.4 Å². The summed E-state index contributed by atoms with van der Waals surface area (Å²) in [5.74, 6) is 2.11. The Morgan fingerprint density at radius 2 is 1.94 bits per heavy atom. The van der Waals surface area contributed by atoms with Crippen LogP contribution in [0.25, 0.3) is 34.5 Å². The predicted molar refractivity (Wildman–Crippen MR) is 129 cm³/mol. The highest BCUT2D eigenvalue weighted by molar-refractivity contribution is 7.15. The third-order valence-electron chi connectivity index (χ3n) is 4.98. The van der Waals surface area contributed by atoms with Crippen molar-refractivity contribution in [1.82, 2.24) is 14.6 Å². The average molecular weight is 472 g/mol. The van der Waals surface area contributed by atoms with E-state index in [1.165, 1.54) is 28.0 Å². The molecule has 168 valence electrons. The summed E-state index contributed by atoms with van der Waals surface area (Å²) in [4.78, 5) is 28.2. The lowest BCUT2D eigenvalue weighted by Crippen LogP contribution is -2.23. The van der Waals surface area contributed by atoms with E-state index < -0.39 is 4.92 Å². The summed E-state index contributed by atoms with van der Waals surface area (Å²) >= 11 is 1.20. The van der Waals surface area contributed by atoms with Gasteiger partial charge in [0.05, 0.1) is 12.0 Å². The fourth-order valence-corrected chi connectivity index (χ4v) is 4.19. The zero-order chi connectivity index (χ0) is 23.7. The first kappa shape index (κ1) is 21.3. The van der Waals surface area contributed by atoms with Gasteiger partial charge in [-0.15, -0.1) is 5.10 Å². The summed E-state index contributed by atoms with van der Waals surface area (Å²) in [6.07, 6.45) is 5.20. The number of non-ortho nitro benzene ring substituents is 1. The number of ether oxygens (including phenoxy) is 1. The summed E-state index contributed by atoms with van der Waals surface area (Å²) in [7, 11) is 1.61. The molecule has 2 aromatic carbocycles. The Bertz CT molecular complexity index is 1650. The molecule has 0 saturated heterocycles. The maximum Gasteiger partial charge on any atom is 0.291 e. The van der Waals surface area contributed by atoms with Crippen molar-refractivity contribution in [3.8, 4) is 17.1 Å². The third kappa shape index (κ3) is 4.21. The van der Waals surface area contributed by atoms with Crippen LogP contribution >= 0.6 is 11.3 Å². The van der Waals surface area contributed by atoms with E-state index in [1.807, 2.05) is 30.3 Å². The molecule has 34 heavy (non-hydrogen) atoms. The third-order valence-corrected chi connectivity index (χ3v) is 5.94. The van der Waals surface area contributed by atoms with Gasteiger partial charge in [-0.2, -0.15) is 9.50 Å². The minimum absolute atomic E-state index is 0.0244. The largest absolute Gasteiger partial charge is 0.497 e. The lowest BCUT2D eigenvalue weighted by atomic mass is 10.1. The van der Waals surface area contributed by atoms with Crippen LogP contribution in [0.2, 0.25) is 0 Å². The van der Waals surface area contributed by atoms with Gasteiger partial charge < -0.3 is 9.15 Å². The van der Waals surface area contributed by atoms with E-state index in [1.54, 1.807) is 43.5 Å². The minimum atomic E-state index is -0.460. The van der Waals surface area contributed by atoms with Gasteiger partial charge in [0.15, 0.2) is 5.82 Å². The van der Waals surface area contributed by atoms with Crippen molar-refractivity contribution in [1.29, 1.82) is 0 Å². The first-order valence-corrected chi connectivity index (χ1v) is 10.9. The van der Waals surface area contributed by atoms with Crippen molar-refractivity contribution >= 4 is 40.2 Å². The van der Waals surface area contributed by atoms with Crippen LogP contribution in [0, 0.1) is 10.1 Å². The van der Waals surface area contributed by atoms with Crippen LogP contribution in [0.3, 0.4) is 0 Å². The molecule has 0 aliphatic heterocycles. The number of thiazole rings is 1. The molecule has 0 aliphatic rings. The van der Waals surface area contributed by atoms with Crippen LogP contribution in [-0.2, 0) is 0 Å². The molecule has 0 amide bonds. The molecule has 3 heterocycles. The number of rotatable bonds is 6. The quantitative estimate of drug-likeness (QED) is 0.271. The first-order valence-electron chi connectivity index (χ1n) is 10.1. The molecular formula is C24H16N4O5S. The predicted octanol–water partition coefficient (Wildman–Crippen LogP) is 4.05. The average Bonchev–Trinajstić information content (AvgIpc) is 3.55. The highest BCUT2D eigenvalue weighted by atomic mass is 32.1. The number of hydrogen-bond donors (Lipinski definition) is 0. The number of nitro groups is 1. The molecular weight excluding hydrogens is 456 g/mol. The standard InChI is InChI=1S/C24H16N4O5S/c1-32-18-8-5-15(6-9-18)7-12-22-25-24-27(26-22)23(29)21(34-24)14-19-10-11-20(33-19)16-3-2-4-17(13-16)28(30)31/h2-14H,1H3. The molecule has 9 nitrogen and oxygen atoms in total. The van der Waals surface area contributed by atoms with Crippen LogP contribution in [0.15, 0.2) is 69.9 Å². The normalized spacial score (nSPS) is 12.1. The van der Waals surface area contributed by atoms with E-state index in [9.17, 15) is 14.9 Å². The molecule has 0 unspecified atom stereocenters. The molecule has 3 aromatic heterocycles. The van der Waals surface area contributed by atoms with Crippen LogP contribution in [0.1, 0.15) is 17.1 Å². The molecule has 5 aromatic rings. The highest BCUT2D eigenvalue weighted by Gasteiger charge is 2.12. The molecule has 0 bridgehead atoms. The van der Waals surface area contributed by atoms with Gasteiger partial charge in [-0.25, -0.2) is 0 Å². The van der Waals surface area contributed by atoms with E-state index in [4.69, 9.17) is 9.15 Å². The second-order valence-corrected chi connectivity index (χ2v) is 8.21.